The first-order chi connectivity index (χ1) is 20.5. The van der Waals surface area contributed by atoms with Crippen LogP contribution in [0.2, 0.25) is 0 Å². The van der Waals surface area contributed by atoms with Crippen molar-refractivity contribution in [1.29, 1.82) is 0 Å². The predicted octanol–water partition coefficient (Wildman–Crippen LogP) is 5.44. The fourth-order valence-corrected chi connectivity index (χ4v) is 7.95. The third-order valence-electron chi connectivity index (χ3n) is 10.4. The van der Waals surface area contributed by atoms with E-state index in [1.165, 1.54) is 69.9 Å². The first-order valence-corrected chi connectivity index (χ1v) is 16.1. The molecule has 1 atom stereocenters. The molecule has 0 radical (unpaired) electrons. The summed E-state index contributed by atoms with van der Waals surface area (Å²) in [7, 11) is 0. The zero-order chi connectivity index (χ0) is 28.8. The summed E-state index contributed by atoms with van der Waals surface area (Å²) in [4.78, 5) is 51.0. The molecule has 1 saturated heterocycles. The van der Waals surface area contributed by atoms with Crippen molar-refractivity contribution in [2.24, 2.45) is 5.92 Å². The standard InChI is InChI=1S/C33H41N5O4/c39-29-14-13-28(31(40)35-29)38-32(41)25-12-11-23(17-26(25)33(38)42)34-18-20-15-24(16-20)37-19-27(21-7-3-1-4-8-21)30(36-37)22-9-5-2-6-10-22/h11-12,17,19-22,24,28,34H,1-10,13-16,18H2,(H,35,39,40). The molecule has 0 spiro atoms. The molecule has 1 unspecified atom stereocenters. The lowest BCUT2D eigenvalue weighted by atomic mass is 9.79. The summed E-state index contributed by atoms with van der Waals surface area (Å²) in [5, 5.41) is 11.0. The van der Waals surface area contributed by atoms with Crippen LogP contribution in [-0.2, 0) is 9.59 Å². The van der Waals surface area contributed by atoms with E-state index < -0.39 is 23.8 Å². The average molecular weight is 572 g/mol. The second-order valence-corrected chi connectivity index (χ2v) is 13.2. The number of nitrogens with zero attached hydrogens (tertiary/aromatic N) is 3. The van der Waals surface area contributed by atoms with E-state index in [0.29, 0.717) is 34.9 Å². The number of carbonyl (C=O) groups is 4. The van der Waals surface area contributed by atoms with Crippen molar-refractivity contribution in [2.45, 2.75) is 114 Å². The highest BCUT2D eigenvalue weighted by Gasteiger charge is 2.44. The van der Waals surface area contributed by atoms with Crippen LogP contribution in [0.3, 0.4) is 0 Å². The van der Waals surface area contributed by atoms with E-state index in [0.717, 1.165) is 30.0 Å². The number of nitrogens with one attached hydrogen (secondary N) is 2. The average Bonchev–Trinajstić information content (AvgIpc) is 3.52. The normalized spacial score (nSPS) is 27.1. The number of piperidine rings is 1. The Morgan fingerprint density at radius 1 is 0.833 bits per heavy atom. The highest BCUT2D eigenvalue weighted by molar-refractivity contribution is 6.23. The molecule has 2 aliphatic heterocycles. The fraction of sp³-hybridized carbons (Fsp3) is 0.606. The van der Waals surface area contributed by atoms with Crippen molar-refractivity contribution in [3.05, 3.63) is 46.8 Å². The Hall–Kier alpha value is -3.49. The predicted molar refractivity (Wildman–Crippen MR) is 157 cm³/mol. The topological polar surface area (TPSA) is 113 Å². The molecule has 2 N–H and O–H groups in total. The number of hydrogen-bond donors (Lipinski definition) is 2. The highest BCUT2D eigenvalue weighted by atomic mass is 16.2. The summed E-state index contributed by atoms with van der Waals surface area (Å²) in [5.74, 6) is -0.0829. The lowest BCUT2D eigenvalue weighted by Gasteiger charge is -2.36. The molecule has 9 heteroatoms. The monoisotopic (exact) mass is 571 g/mol. The van der Waals surface area contributed by atoms with Gasteiger partial charge >= 0.3 is 0 Å². The molecule has 42 heavy (non-hydrogen) atoms. The Bertz CT molecular complexity index is 1360. The Kier molecular flexibility index (Phi) is 7.36. The number of rotatable bonds is 7. The van der Waals surface area contributed by atoms with Crippen LogP contribution >= 0.6 is 0 Å². The maximum absolute atomic E-state index is 13.2. The van der Waals surface area contributed by atoms with Gasteiger partial charge in [0, 0.05) is 30.8 Å². The van der Waals surface area contributed by atoms with Gasteiger partial charge < -0.3 is 5.32 Å². The minimum atomic E-state index is -0.946. The molecule has 3 heterocycles. The van der Waals surface area contributed by atoms with Crippen LogP contribution in [0.25, 0.3) is 0 Å². The Morgan fingerprint density at radius 3 is 2.24 bits per heavy atom. The summed E-state index contributed by atoms with van der Waals surface area (Å²) in [6, 6.07) is 4.71. The van der Waals surface area contributed by atoms with Gasteiger partial charge in [-0.05, 0) is 80.5 Å². The maximum Gasteiger partial charge on any atom is 0.262 e. The zero-order valence-corrected chi connectivity index (χ0v) is 24.3. The molecular formula is C33H41N5O4. The van der Waals surface area contributed by atoms with Gasteiger partial charge in [-0.15, -0.1) is 0 Å². The summed E-state index contributed by atoms with van der Waals surface area (Å²) in [6.07, 6.45) is 18.1. The molecule has 9 nitrogen and oxygen atoms in total. The van der Waals surface area contributed by atoms with Gasteiger partial charge in [0.15, 0.2) is 0 Å². The van der Waals surface area contributed by atoms with Crippen molar-refractivity contribution in [1.82, 2.24) is 20.0 Å². The van der Waals surface area contributed by atoms with E-state index in [2.05, 4.69) is 21.5 Å². The minimum Gasteiger partial charge on any atom is -0.385 e. The van der Waals surface area contributed by atoms with Gasteiger partial charge in [-0.3, -0.25) is 34.1 Å². The lowest BCUT2D eigenvalue weighted by molar-refractivity contribution is -0.136. The molecule has 1 aromatic heterocycles. The molecule has 0 bridgehead atoms. The summed E-state index contributed by atoms with van der Waals surface area (Å²) in [6.45, 7) is 0.792. The summed E-state index contributed by atoms with van der Waals surface area (Å²) in [5.41, 5.74) is 4.36. The number of imide groups is 2. The van der Waals surface area contributed by atoms with Crippen molar-refractivity contribution in [2.75, 3.05) is 11.9 Å². The number of hydrogen-bond acceptors (Lipinski definition) is 6. The number of aromatic nitrogens is 2. The van der Waals surface area contributed by atoms with E-state index in [1.807, 2.05) is 6.07 Å². The Morgan fingerprint density at radius 2 is 1.52 bits per heavy atom. The molecule has 222 valence electrons. The van der Waals surface area contributed by atoms with Crippen molar-refractivity contribution in [3.8, 4) is 0 Å². The van der Waals surface area contributed by atoms with E-state index in [1.54, 1.807) is 17.7 Å². The van der Waals surface area contributed by atoms with Gasteiger partial charge in [0.1, 0.15) is 6.04 Å². The zero-order valence-electron chi connectivity index (χ0n) is 24.3. The van der Waals surface area contributed by atoms with Crippen LogP contribution < -0.4 is 10.6 Å². The first-order valence-electron chi connectivity index (χ1n) is 16.1. The van der Waals surface area contributed by atoms with Gasteiger partial charge in [0.05, 0.1) is 22.9 Å². The van der Waals surface area contributed by atoms with Crippen molar-refractivity contribution >= 4 is 29.3 Å². The Balaban J connectivity index is 0.979. The Labute approximate surface area is 246 Å². The number of carbonyl (C=O) groups excluding carboxylic acids is 4. The molecule has 4 fully saturated rings. The van der Waals surface area contributed by atoms with E-state index in [9.17, 15) is 19.2 Å². The van der Waals surface area contributed by atoms with E-state index in [4.69, 9.17) is 5.10 Å². The van der Waals surface area contributed by atoms with Crippen molar-refractivity contribution in [3.63, 3.8) is 0 Å². The molecule has 2 aromatic rings. The number of anilines is 1. The number of benzene rings is 1. The molecule has 5 aliphatic rings. The molecule has 3 saturated carbocycles. The largest absolute Gasteiger partial charge is 0.385 e. The maximum atomic E-state index is 13.2. The van der Waals surface area contributed by atoms with Gasteiger partial charge in [-0.2, -0.15) is 5.10 Å². The fourth-order valence-electron chi connectivity index (χ4n) is 7.95. The van der Waals surface area contributed by atoms with Crippen LogP contribution in [0.1, 0.15) is 140 Å². The first kappa shape index (κ1) is 27.3. The van der Waals surface area contributed by atoms with Crippen LogP contribution in [0.5, 0.6) is 0 Å². The van der Waals surface area contributed by atoms with Gasteiger partial charge in [-0.1, -0.05) is 38.5 Å². The van der Waals surface area contributed by atoms with Crippen LogP contribution in [0.4, 0.5) is 5.69 Å². The number of amides is 4. The van der Waals surface area contributed by atoms with Crippen LogP contribution in [0, 0.1) is 5.92 Å². The third kappa shape index (κ3) is 5.05. The highest BCUT2D eigenvalue weighted by Crippen LogP contribution is 2.44. The number of fused-ring (bicyclic) bond motifs is 1. The molecule has 1 aromatic carbocycles. The summed E-state index contributed by atoms with van der Waals surface area (Å²) < 4.78 is 2.30. The van der Waals surface area contributed by atoms with Crippen LogP contribution in [0.15, 0.2) is 24.4 Å². The molecule has 4 amide bonds. The molecular weight excluding hydrogens is 530 g/mol. The van der Waals surface area contributed by atoms with E-state index in [-0.39, 0.29) is 18.7 Å². The van der Waals surface area contributed by atoms with Crippen LogP contribution in [-0.4, -0.2) is 50.9 Å². The van der Waals surface area contributed by atoms with Crippen molar-refractivity contribution < 1.29 is 19.2 Å². The van der Waals surface area contributed by atoms with Gasteiger partial charge in [-0.25, -0.2) is 0 Å². The smallest absolute Gasteiger partial charge is 0.262 e. The third-order valence-corrected chi connectivity index (χ3v) is 10.4. The lowest BCUT2D eigenvalue weighted by Crippen LogP contribution is -2.54. The second kappa shape index (κ2) is 11.3. The minimum absolute atomic E-state index is 0.112. The second-order valence-electron chi connectivity index (χ2n) is 13.2. The molecule has 7 rings (SSSR count). The summed E-state index contributed by atoms with van der Waals surface area (Å²) >= 11 is 0. The van der Waals surface area contributed by atoms with Gasteiger partial charge in [0.25, 0.3) is 11.8 Å². The van der Waals surface area contributed by atoms with Gasteiger partial charge in [0.2, 0.25) is 11.8 Å². The molecule has 3 aliphatic carbocycles. The quantitative estimate of drug-likeness (QED) is 0.428. The van der Waals surface area contributed by atoms with E-state index >= 15 is 0 Å². The SMILES string of the molecule is O=C1CCC(N2C(=O)c3ccc(NCC4CC(n5cc(C6CCCCC6)c(C6CCCCC6)n5)C4)cc3C2=O)C(=O)N1.